The lowest BCUT2D eigenvalue weighted by molar-refractivity contribution is 0.380. The summed E-state index contributed by atoms with van der Waals surface area (Å²) in [5, 5.41) is 3.66. The van der Waals surface area contributed by atoms with E-state index in [1.807, 2.05) is 0 Å². The van der Waals surface area contributed by atoms with Gasteiger partial charge in [0.05, 0.1) is 0 Å². The predicted octanol–water partition coefficient (Wildman–Crippen LogP) is 3.40. The zero-order valence-electron chi connectivity index (χ0n) is 10.5. The van der Waals surface area contributed by atoms with Crippen LogP contribution < -0.4 is 5.32 Å². The van der Waals surface area contributed by atoms with E-state index in [0.717, 1.165) is 6.54 Å². The fourth-order valence-corrected chi connectivity index (χ4v) is 2.13. The van der Waals surface area contributed by atoms with Gasteiger partial charge >= 0.3 is 0 Å². The molecule has 0 amide bonds. The van der Waals surface area contributed by atoms with E-state index >= 15 is 0 Å². The summed E-state index contributed by atoms with van der Waals surface area (Å²) in [5.74, 6) is 0. The smallest absolute Gasteiger partial charge is 0.00925 e. The first kappa shape index (κ1) is 11.7. The highest BCUT2D eigenvalue weighted by Crippen LogP contribution is 2.47. The minimum atomic E-state index is 0.604. The van der Waals surface area contributed by atoms with E-state index in [0.29, 0.717) is 11.5 Å². The molecule has 1 atom stereocenters. The van der Waals surface area contributed by atoms with Crippen molar-refractivity contribution in [3.8, 4) is 0 Å². The van der Waals surface area contributed by atoms with Crippen LogP contribution in [0.4, 0.5) is 0 Å². The van der Waals surface area contributed by atoms with Crippen LogP contribution in [-0.2, 0) is 6.42 Å². The Bertz CT molecular complexity index is 313. The molecule has 88 valence electrons. The molecule has 0 bridgehead atoms. The second kappa shape index (κ2) is 5.01. The van der Waals surface area contributed by atoms with Crippen LogP contribution >= 0.6 is 0 Å². The maximum atomic E-state index is 3.66. The van der Waals surface area contributed by atoms with Gasteiger partial charge in [-0.3, -0.25) is 0 Å². The first-order valence-electron chi connectivity index (χ1n) is 6.48. The van der Waals surface area contributed by atoms with Crippen molar-refractivity contribution in [2.45, 2.75) is 45.6 Å². The van der Waals surface area contributed by atoms with Crippen molar-refractivity contribution in [3.05, 3.63) is 35.9 Å². The summed E-state index contributed by atoms with van der Waals surface area (Å²) in [6, 6.07) is 11.4. The van der Waals surface area contributed by atoms with Gasteiger partial charge in [-0.25, -0.2) is 0 Å². The summed E-state index contributed by atoms with van der Waals surface area (Å²) >= 11 is 0. The van der Waals surface area contributed by atoms with E-state index in [2.05, 4.69) is 49.5 Å². The SMILES string of the molecule is CC(NCCCc1ccccc1)C1(C)CC1. The van der Waals surface area contributed by atoms with Gasteiger partial charge in [0.2, 0.25) is 0 Å². The Morgan fingerprint density at radius 1 is 1.25 bits per heavy atom. The Hall–Kier alpha value is -0.820. The van der Waals surface area contributed by atoms with E-state index < -0.39 is 0 Å². The fourth-order valence-electron chi connectivity index (χ4n) is 2.13. The number of nitrogens with one attached hydrogen (secondary N) is 1. The zero-order chi connectivity index (χ0) is 11.4. The Morgan fingerprint density at radius 3 is 2.56 bits per heavy atom. The quantitative estimate of drug-likeness (QED) is 0.720. The Kier molecular flexibility index (Phi) is 3.65. The third kappa shape index (κ3) is 3.08. The summed E-state index contributed by atoms with van der Waals surface area (Å²) in [7, 11) is 0. The summed E-state index contributed by atoms with van der Waals surface area (Å²) in [6.07, 6.45) is 5.24. The Balaban J connectivity index is 1.62. The lowest BCUT2D eigenvalue weighted by atomic mass is 10.0. The summed E-state index contributed by atoms with van der Waals surface area (Å²) in [5.41, 5.74) is 2.06. The van der Waals surface area contributed by atoms with Crippen LogP contribution in [0.1, 0.15) is 38.7 Å². The van der Waals surface area contributed by atoms with Crippen molar-refractivity contribution in [3.63, 3.8) is 0 Å². The van der Waals surface area contributed by atoms with Gasteiger partial charge in [-0.15, -0.1) is 0 Å². The second-order valence-corrected chi connectivity index (χ2v) is 5.42. The molecule has 0 saturated heterocycles. The molecule has 1 aliphatic carbocycles. The maximum Gasteiger partial charge on any atom is 0.00925 e. The number of hydrogen-bond acceptors (Lipinski definition) is 1. The van der Waals surface area contributed by atoms with E-state index in [-0.39, 0.29) is 0 Å². The monoisotopic (exact) mass is 217 g/mol. The molecule has 1 N–H and O–H groups in total. The van der Waals surface area contributed by atoms with Crippen LogP contribution in [0.25, 0.3) is 0 Å². The van der Waals surface area contributed by atoms with Gasteiger partial charge in [0.25, 0.3) is 0 Å². The average molecular weight is 217 g/mol. The van der Waals surface area contributed by atoms with Gasteiger partial charge in [0.1, 0.15) is 0 Å². The molecule has 1 unspecified atom stereocenters. The number of hydrogen-bond donors (Lipinski definition) is 1. The molecular weight excluding hydrogens is 194 g/mol. The van der Waals surface area contributed by atoms with E-state index in [1.54, 1.807) is 0 Å². The molecule has 1 aromatic rings. The van der Waals surface area contributed by atoms with Crippen molar-refractivity contribution in [2.24, 2.45) is 5.41 Å². The molecule has 1 aliphatic rings. The van der Waals surface area contributed by atoms with Crippen molar-refractivity contribution in [1.29, 1.82) is 0 Å². The fraction of sp³-hybridized carbons (Fsp3) is 0.600. The van der Waals surface area contributed by atoms with Crippen LogP contribution in [0, 0.1) is 5.41 Å². The zero-order valence-corrected chi connectivity index (χ0v) is 10.5. The lowest BCUT2D eigenvalue weighted by Crippen LogP contribution is -2.34. The van der Waals surface area contributed by atoms with Crippen LogP contribution in [0.5, 0.6) is 0 Å². The highest BCUT2D eigenvalue weighted by molar-refractivity contribution is 5.14. The van der Waals surface area contributed by atoms with Gasteiger partial charge in [-0.1, -0.05) is 37.3 Å². The molecular formula is C15H23N. The van der Waals surface area contributed by atoms with Gasteiger partial charge in [0.15, 0.2) is 0 Å². The lowest BCUT2D eigenvalue weighted by Gasteiger charge is -2.20. The van der Waals surface area contributed by atoms with Crippen molar-refractivity contribution < 1.29 is 0 Å². The molecule has 1 saturated carbocycles. The van der Waals surface area contributed by atoms with Crippen LogP contribution in [0.15, 0.2) is 30.3 Å². The van der Waals surface area contributed by atoms with Crippen molar-refractivity contribution in [2.75, 3.05) is 6.54 Å². The predicted molar refractivity (Wildman–Crippen MR) is 69.6 cm³/mol. The molecule has 1 fully saturated rings. The van der Waals surface area contributed by atoms with Crippen LogP contribution in [0.2, 0.25) is 0 Å². The summed E-state index contributed by atoms with van der Waals surface area (Å²) in [6.45, 7) is 5.86. The second-order valence-electron chi connectivity index (χ2n) is 5.42. The molecule has 1 aromatic carbocycles. The minimum absolute atomic E-state index is 0.604. The Labute approximate surface area is 99.3 Å². The van der Waals surface area contributed by atoms with Crippen molar-refractivity contribution >= 4 is 0 Å². The first-order chi connectivity index (χ1) is 7.71. The number of rotatable bonds is 6. The molecule has 1 heteroatoms. The third-order valence-corrected chi connectivity index (χ3v) is 4.02. The largest absolute Gasteiger partial charge is 0.314 e. The molecule has 0 spiro atoms. The third-order valence-electron chi connectivity index (χ3n) is 4.02. The highest BCUT2D eigenvalue weighted by atomic mass is 14.9. The average Bonchev–Trinajstić information content (AvgIpc) is 3.05. The van der Waals surface area contributed by atoms with Crippen LogP contribution in [-0.4, -0.2) is 12.6 Å². The van der Waals surface area contributed by atoms with E-state index in [9.17, 15) is 0 Å². The van der Waals surface area contributed by atoms with Crippen LogP contribution in [0.3, 0.4) is 0 Å². The van der Waals surface area contributed by atoms with Gasteiger partial charge in [-0.05, 0) is 50.1 Å². The maximum absolute atomic E-state index is 3.66. The molecule has 0 radical (unpaired) electrons. The summed E-state index contributed by atoms with van der Waals surface area (Å²) < 4.78 is 0. The first-order valence-corrected chi connectivity index (χ1v) is 6.48. The van der Waals surface area contributed by atoms with Gasteiger partial charge < -0.3 is 5.32 Å². The van der Waals surface area contributed by atoms with Crippen molar-refractivity contribution in [1.82, 2.24) is 5.32 Å². The molecule has 0 heterocycles. The minimum Gasteiger partial charge on any atom is -0.314 e. The van der Waals surface area contributed by atoms with E-state index in [1.165, 1.54) is 31.2 Å². The normalized spacial score (nSPS) is 19.4. The topological polar surface area (TPSA) is 12.0 Å². The molecule has 1 nitrogen and oxygen atoms in total. The molecule has 0 aliphatic heterocycles. The standard InChI is InChI=1S/C15H23N/c1-13(15(2)10-11-15)16-12-6-9-14-7-4-3-5-8-14/h3-5,7-8,13,16H,6,9-12H2,1-2H3. The van der Waals surface area contributed by atoms with E-state index in [4.69, 9.17) is 0 Å². The highest BCUT2D eigenvalue weighted by Gasteiger charge is 2.41. The molecule has 2 rings (SSSR count). The van der Waals surface area contributed by atoms with Gasteiger partial charge in [-0.2, -0.15) is 0 Å². The molecule has 16 heavy (non-hydrogen) atoms. The Morgan fingerprint density at radius 2 is 1.94 bits per heavy atom. The van der Waals surface area contributed by atoms with Gasteiger partial charge in [0, 0.05) is 6.04 Å². The number of benzene rings is 1. The molecule has 0 aromatic heterocycles. The number of aryl methyl sites for hydroxylation is 1. The summed E-state index contributed by atoms with van der Waals surface area (Å²) in [4.78, 5) is 0.